The number of aromatic nitrogens is 1. The molecule has 0 radical (unpaired) electrons. The summed E-state index contributed by atoms with van der Waals surface area (Å²) >= 11 is 0. The molecule has 1 aromatic heterocycles. The Morgan fingerprint density at radius 1 is 1.18 bits per heavy atom. The van der Waals surface area contributed by atoms with Gasteiger partial charge in [-0.3, -0.25) is 4.98 Å². The van der Waals surface area contributed by atoms with Crippen molar-refractivity contribution in [3.8, 4) is 5.75 Å². The van der Waals surface area contributed by atoms with Crippen molar-refractivity contribution in [2.75, 3.05) is 36.5 Å². The summed E-state index contributed by atoms with van der Waals surface area (Å²) in [5, 5.41) is 0. The molecule has 3 rings (SSSR count). The lowest BCUT2D eigenvalue weighted by Crippen LogP contribution is -2.52. The van der Waals surface area contributed by atoms with Crippen LogP contribution in [-0.4, -0.2) is 37.8 Å². The summed E-state index contributed by atoms with van der Waals surface area (Å²) < 4.78 is 19.1. The van der Waals surface area contributed by atoms with Gasteiger partial charge >= 0.3 is 0 Å². The molecule has 0 unspecified atom stereocenters. The van der Waals surface area contributed by atoms with Crippen LogP contribution in [-0.2, 0) is 0 Å². The molecule has 0 N–H and O–H groups in total. The quantitative estimate of drug-likeness (QED) is 0.871. The molecule has 0 bridgehead atoms. The van der Waals surface area contributed by atoms with Gasteiger partial charge in [-0.05, 0) is 37.3 Å². The van der Waals surface area contributed by atoms with Crippen molar-refractivity contribution in [1.82, 2.24) is 4.98 Å². The minimum atomic E-state index is -0.257. The number of ether oxygens (including phenoxy) is 1. The number of pyridine rings is 1. The number of rotatable bonds is 3. The van der Waals surface area contributed by atoms with E-state index in [1.807, 2.05) is 12.1 Å². The highest BCUT2D eigenvalue weighted by atomic mass is 19.1. The number of hydrogen-bond donors (Lipinski definition) is 0. The predicted molar refractivity (Wildman–Crippen MR) is 86.2 cm³/mol. The lowest BCUT2D eigenvalue weighted by Gasteiger charge is -2.42. The lowest BCUT2D eigenvalue weighted by molar-refractivity contribution is 0.414. The monoisotopic (exact) mass is 301 g/mol. The van der Waals surface area contributed by atoms with Gasteiger partial charge in [-0.1, -0.05) is 0 Å². The molecule has 1 aliphatic heterocycles. The van der Waals surface area contributed by atoms with E-state index in [-0.39, 0.29) is 11.9 Å². The molecule has 0 amide bonds. The number of benzene rings is 1. The van der Waals surface area contributed by atoms with Gasteiger partial charge in [0.1, 0.15) is 5.75 Å². The van der Waals surface area contributed by atoms with E-state index in [0.29, 0.717) is 5.69 Å². The molecule has 2 heterocycles. The van der Waals surface area contributed by atoms with E-state index in [2.05, 4.69) is 33.8 Å². The Morgan fingerprint density at radius 3 is 2.59 bits per heavy atom. The Bertz CT molecular complexity index is 632. The second-order valence-electron chi connectivity index (χ2n) is 5.51. The molecule has 1 saturated heterocycles. The summed E-state index contributed by atoms with van der Waals surface area (Å²) in [7, 11) is 1.67. The zero-order valence-corrected chi connectivity index (χ0v) is 12.9. The van der Waals surface area contributed by atoms with Gasteiger partial charge in [0.2, 0.25) is 0 Å². The minimum absolute atomic E-state index is 0.229. The van der Waals surface area contributed by atoms with Crippen LogP contribution < -0.4 is 14.5 Å². The van der Waals surface area contributed by atoms with Crippen LogP contribution in [0.25, 0.3) is 0 Å². The van der Waals surface area contributed by atoms with E-state index >= 15 is 0 Å². The van der Waals surface area contributed by atoms with Crippen LogP contribution in [0.4, 0.5) is 15.8 Å². The van der Waals surface area contributed by atoms with E-state index in [9.17, 15) is 4.39 Å². The van der Waals surface area contributed by atoms with Gasteiger partial charge < -0.3 is 14.5 Å². The molecule has 0 spiro atoms. The molecule has 1 fully saturated rings. The minimum Gasteiger partial charge on any atom is -0.497 e. The first-order valence-electron chi connectivity index (χ1n) is 7.44. The maximum atomic E-state index is 13.9. The summed E-state index contributed by atoms with van der Waals surface area (Å²) in [5.74, 6) is 0.599. The largest absolute Gasteiger partial charge is 0.497 e. The highest BCUT2D eigenvalue weighted by Crippen LogP contribution is 2.26. The fourth-order valence-electron chi connectivity index (χ4n) is 2.94. The number of methoxy groups -OCH3 is 1. The molecule has 22 heavy (non-hydrogen) atoms. The van der Waals surface area contributed by atoms with Crippen molar-refractivity contribution in [3.05, 3.63) is 48.5 Å². The fourth-order valence-corrected chi connectivity index (χ4v) is 2.94. The molecular formula is C17H20FN3O. The SMILES string of the molecule is COc1ccc(N2CCN(c3ccncc3F)[C@@H](C)C2)cc1. The average Bonchev–Trinajstić information content (AvgIpc) is 2.56. The van der Waals surface area contributed by atoms with E-state index in [1.165, 1.54) is 11.9 Å². The van der Waals surface area contributed by atoms with Crippen LogP contribution in [0.15, 0.2) is 42.7 Å². The summed E-state index contributed by atoms with van der Waals surface area (Å²) in [6.45, 7) is 4.62. The first-order valence-corrected chi connectivity index (χ1v) is 7.44. The third-order valence-corrected chi connectivity index (χ3v) is 4.13. The van der Waals surface area contributed by atoms with Gasteiger partial charge in [-0.15, -0.1) is 0 Å². The van der Waals surface area contributed by atoms with E-state index < -0.39 is 0 Å². The van der Waals surface area contributed by atoms with Gasteiger partial charge in [-0.2, -0.15) is 0 Å². The Labute approximate surface area is 130 Å². The molecule has 4 nitrogen and oxygen atoms in total. The molecule has 1 atom stereocenters. The normalized spacial score (nSPS) is 18.4. The van der Waals surface area contributed by atoms with Crippen LogP contribution in [0.2, 0.25) is 0 Å². The first-order chi connectivity index (χ1) is 10.7. The second kappa shape index (κ2) is 6.22. The highest BCUT2D eigenvalue weighted by molar-refractivity contribution is 5.53. The fraction of sp³-hybridized carbons (Fsp3) is 0.353. The Kier molecular flexibility index (Phi) is 4.13. The van der Waals surface area contributed by atoms with E-state index in [1.54, 1.807) is 19.4 Å². The van der Waals surface area contributed by atoms with Crippen LogP contribution in [0, 0.1) is 5.82 Å². The van der Waals surface area contributed by atoms with E-state index in [4.69, 9.17) is 4.74 Å². The van der Waals surface area contributed by atoms with Gasteiger partial charge in [0.15, 0.2) is 5.82 Å². The molecular weight excluding hydrogens is 281 g/mol. The Morgan fingerprint density at radius 2 is 1.95 bits per heavy atom. The summed E-state index contributed by atoms with van der Waals surface area (Å²) in [5.41, 5.74) is 1.80. The third-order valence-electron chi connectivity index (χ3n) is 4.13. The van der Waals surface area contributed by atoms with Crippen molar-refractivity contribution in [2.24, 2.45) is 0 Å². The maximum absolute atomic E-state index is 13.9. The number of hydrogen-bond acceptors (Lipinski definition) is 4. The smallest absolute Gasteiger partial charge is 0.164 e. The van der Waals surface area contributed by atoms with Gasteiger partial charge in [0.25, 0.3) is 0 Å². The molecule has 0 saturated carbocycles. The first kappa shape index (κ1) is 14.6. The standard InChI is InChI=1S/C17H20FN3O/c1-13-12-20(14-3-5-15(22-2)6-4-14)9-10-21(13)17-7-8-19-11-16(17)18/h3-8,11,13H,9-10,12H2,1-2H3/t13-/m0/s1. The third kappa shape index (κ3) is 2.84. The Hall–Kier alpha value is -2.30. The number of nitrogens with zero attached hydrogens (tertiary/aromatic N) is 3. The highest BCUT2D eigenvalue weighted by Gasteiger charge is 2.25. The molecule has 1 aromatic carbocycles. The maximum Gasteiger partial charge on any atom is 0.164 e. The zero-order valence-electron chi connectivity index (χ0n) is 12.9. The van der Waals surface area contributed by atoms with Gasteiger partial charge in [0.05, 0.1) is 19.0 Å². The van der Waals surface area contributed by atoms with Crippen molar-refractivity contribution >= 4 is 11.4 Å². The topological polar surface area (TPSA) is 28.6 Å². The molecule has 5 heteroatoms. The van der Waals surface area contributed by atoms with Gasteiger partial charge in [0, 0.05) is 37.6 Å². The summed E-state index contributed by atoms with van der Waals surface area (Å²) in [6.07, 6.45) is 2.92. The molecule has 116 valence electrons. The van der Waals surface area contributed by atoms with Crippen LogP contribution in [0.1, 0.15) is 6.92 Å². The Balaban J connectivity index is 1.73. The average molecular weight is 301 g/mol. The molecule has 1 aliphatic rings. The molecule has 0 aliphatic carbocycles. The van der Waals surface area contributed by atoms with Crippen LogP contribution >= 0.6 is 0 Å². The lowest BCUT2D eigenvalue weighted by atomic mass is 10.1. The predicted octanol–water partition coefficient (Wildman–Crippen LogP) is 2.94. The summed E-state index contributed by atoms with van der Waals surface area (Å²) in [6, 6.07) is 10.0. The van der Waals surface area contributed by atoms with Crippen LogP contribution in [0.3, 0.4) is 0 Å². The summed E-state index contributed by atoms with van der Waals surface area (Å²) in [4.78, 5) is 8.25. The van der Waals surface area contributed by atoms with E-state index in [0.717, 1.165) is 25.4 Å². The number of anilines is 2. The van der Waals surface area contributed by atoms with Crippen molar-refractivity contribution in [2.45, 2.75) is 13.0 Å². The second-order valence-corrected chi connectivity index (χ2v) is 5.51. The number of piperazine rings is 1. The van der Waals surface area contributed by atoms with Crippen molar-refractivity contribution in [1.29, 1.82) is 0 Å². The zero-order chi connectivity index (χ0) is 15.5. The molecule has 2 aromatic rings. The van der Waals surface area contributed by atoms with Crippen molar-refractivity contribution in [3.63, 3.8) is 0 Å². The number of halogens is 1. The van der Waals surface area contributed by atoms with Crippen molar-refractivity contribution < 1.29 is 9.13 Å². The van der Waals surface area contributed by atoms with Crippen LogP contribution in [0.5, 0.6) is 5.75 Å². The van der Waals surface area contributed by atoms with Gasteiger partial charge in [-0.25, -0.2) is 4.39 Å².